The number of hydrogen-bond acceptors (Lipinski definition) is 5. The number of carbonyl (C=O) groups is 1. The lowest BCUT2D eigenvalue weighted by Gasteiger charge is -2.40. The number of amides is 1. The molecule has 0 aliphatic carbocycles. The average Bonchev–Trinajstić information content (AvgIpc) is 2.61. The van der Waals surface area contributed by atoms with Crippen molar-refractivity contribution in [3.63, 3.8) is 0 Å². The highest BCUT2D eigenvalue weighted by molar-refractivity contribution is 5.69. The maximum Gasteiger partial charge on any atom is 0.410 e. The van der Waals surface area contributed by atoms with E-state index in [-0.39, 0.29) is 18.0 Å². The van der Waals surface area contributed by atoms with E-state index >= 15 is 0 Å². The lowest BCUT2D eigenvalue weighted by Crippen LogP contribution is -2.55. The Balaban J connectivity index is 1.65. The molecule has 1 aliphatic heterocycles. The molecule has 0 unspecified atom stereocenters. The number of anilines is 1. The summed E-state index contributed by atoms with van der Waals surface area (Å²) in [5.41, 5.74) is 1.01. The van der Waals surface area contributed by atoms with Gasteiger partial charge in [-0.2, -0.15) is 0 Å². The minimum Gasteiger partial charge on any atom is -0.444 e. The lowest BCUT2D eigenvalue weighted by atomic mass is 10.1. The second-order valence-corrected chi connectivity index (χ2v) is 7.75. The van der Waals surface area contributed by atoms with Gasteiger partial charge < -0.3 is 14.5 Å². The molecule has 1 saturated heterocycles. The van der Waals surface area contributed by atoms with Crippen LogP contribution in [-0.4, -0.2) is 52.5 Å². The Morgan fingerprint density at radius 1 is 1.11 bits per heavy atom. The molecule has 2 aromatic rings. The van der Waals surface area contributed by atoms with Gasteiger partial charge >= 0.3 is 6.09 Å². The number of piperazine rings is 1. The summed E-state index contributed by atoms with van der Waals surface area (Å²) in [6, 6.07) is 9.96. The van der Waals surface area contributed by atoms with Crippen LogP contribution >= 0.6 is 0 Å². The van der Waals surface area contributed by atoms with Crippen molar-refractivity contribution in [3.05, 3.63) is 42.2 Å². The summed E-state index contributed by atoms with van der Waals surface area (Å²) in [6.07, 6.45) is -0.285. The quantitative estimate of drug-likeness (QED) is 0.804. The van der Waals surface area contributed by atoms with Crippen LogP contribution in [-0.2, 0) is 4.74 Å². The molecular formula is C20H25FN4O2. The maximum atomic E-state index is 13.0. The van der Waals surface area contributed by atoms with Crippen LogP contribution in [0.1, 0.15) is 27.7 Å². The van der Waals surface area contributed by atoms with Gasteiger partial charge in [0, 0.05) is 31.2 Å². The van der Waals surface area contributed by atoms with Gasteiger partial charge in [-0.15, -0.1) is 10.2 Å². The summed E-state index contributed by atoms with van der Waals surface area (Å²) in [5, 5.41) is 8.57. The van der Waals surface area contributed by atoms with Gasteiger partial charge in [-0.25, -0.2) is 9.18 Å². The van der Waals surface area contributed by atoms with Crippen molar-refractivity contribution in [2.24, 2.45) is 0 Å². The zero-order valence-corrected chi connectivity index (χ0v) is 16.1. The first-order chi connectivity index (χ1) is 12.7. The predicted molar refractivity (Wildman–Crippen MR) is 102 cm³/mol. The van der Waals surface area contributed by atoms with Gasteiger partial charge in [-0.05, 0) is 64.1 Å². The normalized spacial score (nSPS) is 17.7. The van der Waals surface area contributed by atoms with E-state index in [1.807, 2.05) is 39.8 Å². The molecule has 1 aromatic heterocycles. The number of halogens is 1. The van der Waals surface area contributed by atoms with Gasteiger partial charge in [0.1, 0.15) is 11.4 Å². The van der Waals surface area contributed by atoms with E-state index in [9.17, 15) is 9.18 Å². The molecule has 6 nitrogen and oxygen atoms in total. The fourth-order valence-electron chi connectivity index (χ4n) is 3.03. The summed E-state index contributed by atoms with van der Waals surface area (Å²) in [6.45, 7) is 9.48. The summed E-state index contributed by atoms with van der Waals surface area (Å²) in [4.78, 5) is 16.2. The van der Waals surface area contributed by atoms with Crippen molar-refractivity contribution in [2.75, 3.05) is 24.5 Å². The molecular weight excluding hydrogens is 347 g/mol. The Labute approximate surface area is 159 Å². The van der Waals surface area contributed by atoms with Crippen LogP contribution in [0.3, 0.4) is 0 Å². The van der Waals surface area contributed by atoms with Gasteiger partial charge in [0.2, 0.25) is 0 Å². The molecule has 1 aliphatic rings. The van der Waals surface area contributed by atoms with Crippen molar-refractivity contribution in [3.8, 4) is 11.3 Å². The molecule has 144 valence electrons. The van der Waals surface area contributed by atoms with Crippen LogP contribution in [0, 0.1) is 5.82 Å². The molecule has 0 radical (unpaired) electrons. The standard InChI is InChI=1S/C20H25FN4O2/c1-14-13-24(11-12-25(14)19(26)27-20(2,3)4)18-10-9-17(22-23-18)15-5-7-16(21)8-6-15/h5-10,14H,11-13H2,1-4H3/t14-/m1/s1. The van der Waals surface area contributed by atoms with Crippen molar-refractivity contribution < 1.29 is 13.9 Å². The van der Waals surface area contributed by atoms with Gasteiger partial charge in [0.05, 0.1) is 5.69 Å². The molecule has 2 heterocycles. The smallest absolute Gasteiger partial charge is 0.410 e. The Morgan fingerprint density at radius 2 is 1.81 bits per heavy atom. The number of ether oxygens (including phenoxy) is 1. The molecule has 1 aromatic carbocycles. The van der Waals surface area contributed by atoms with E-state index in [1.165, 1.54) is 12.1 Å². The third-order valence-electron chi connectivity index (χ3n) is 4.37. The molecule has 1 fully saturated rings. The van der Waals surface area contributed by atoms with Crippen molar-refractivity contribution in [2.45, 2.75) is 39.3 Å². The number of rotatable bonds is 2. The highest BCUT2D eigenvalue weighted by Crippen LogP contribution is 2.22. The van der Waals surface area contributed by atoms with Gasteiger partial charge in [-0.1, -0.05) is 0 Å². The third kappa shape index (κ3) is 4.72. The first-order valence-corrected chi connectivity index (χ1v) is 9.07. The van der Waals surface area contributed by atoms with Crippen LogP contribution in [0.5, 0.6) is 0 Å². The van der Waals surface area contributed by atoms with Crippen molar-refractivity contribution in [1.82, 2.24) is 15.1 Å². The summed E-state index contributed by atoms with van der Waals surface area (Å²) < 4.78 is 18.5. The number of hydrogen-bond donors (Lipinski definition) is 0. The SMILES string of the molecule is C[C@@H]1CN(c2ccc(-c3ccc(F)cc3)nn2)CCN1C(=O)OC(C)(C)C. The average molecular weight is 372 g/mol. The molecule has 0 bridgehead atoms. The predicted octanol–water partition coefficient (Wildman–Crippen LogP) is 3.73. The Morgan fingerprint density at radius 3 is 2.37 bits per heavy atom. The van der Waals surface area contributed by atoms with E-state index in [1.54, 1.807) is 17.0 Å². The number of benzene rings is 1. The Kier molecular flexibility index (Phi) is 5.30. The number of nitrogens with zero attached hydrogens (tertiary/aromatic N) is 4. The largest absolute Gasteiger partial charge is 0.444 e. The third-order valence-corrected chi connectivity index (χ3v) is 4.37. The molecule has 1 atom stereocenters. The van der Waals surface area contributed by atoms with Crippen LogP contribution in [0.4, 0.5) is 15.0 Å². The summed E-state index contributed by atoms with van der Waals surface area (Å²) >= 11 is 0. The van der Waals surface area contributed by atoms with E-state index < -0.39 is 5.60 Å². The van der Waals surface area contributed by atoms with Crippen LogP contribution < -0.4 is 4.90 Å². The van der Waals surface area contributed by atoms with Gasteiger partial charge in [-0.3, -0.25) is 0 Å². The first-order valence-electron chi connectivity index (χ1n) is 9.07. The monoisotopic (exact) mass is 372 g/mol. The second kappa shape index (κ2) is 7.50. The highest BCUT2D eigenvalue weighted by atomic mass is 19.1. The second-order valence-electron chi connectivity index (χ2n) is 7.75. The zero-order chi connectivity index (χ0) is 19.6. The van der Waals surface area contributed by atoms with E-state index in [0.29, 0.717) is 25.3 Å². The molecule has 7 heteroatoms. The van der Waals surface area contributed by atoms with E-state index in [4.69, 9.17) is 4.74 Å². The van der Waals surface area contributed by atoms with Crippen LogP contribution in [0.25, 0.3) is 11.3 Å². The fourth-order valence-corrected chi connectivity index (χ4v) is 3.03. The Bertz CT molecular complexity index is 787. The molecule has 0 N–H and O–H groups in total. The minimum atomic E-state index is -0.504. The zero-order valence-electron chi connectivity index (χ0n) is 16.1. The molecule has 3 rings (SSSR count). The maximum absolute atomic E-state index is 13.0. The molecule has 27 heavy (non-hydrogen) atoms. The summed E-state index contributed by atoms with van der Waals surface area (Å²) in [5.74, 6) is 0.483. The minimum absolute atomic E-state index is 0.00664. The number of aromatic nitrogens is 2. The van der Waals surface area contributed by atoms with E-state index in [2.05, 4.69) is 15.1 Å². The van der Waals surface area contributed by atoms with Gasteiger partial charge in [0.15, 0.2) is 5.82 Å². The first kappa shape index (κ1) is 19.1. The summed E-state index contributed by atoms with van der Waals surface area (Å²) in [7, 11) is 0. The fraction of sp³-hybridized carbons (Fsp3) is 0.450. The molecule has 1 amide bonds. The van der Waals surface area contributed by atoms with Crippen LogP contribution in [0.2, 0.25) is 0 Å². The van der Waals surface area contributed by atoms with Crippen molar-refractivity contribution in [1.29, 1.82) is 0 Å². The highest BCUT2D eigenvalue weighted by Gasteiger charge is 2.31. The van der Waals surface area contributed by atoms with Crippen LogP contribution in [0.15, 0.2) is 36.4 Å². The number of carbonyl (C=O) groups excluding carboxylic acids is 1. The van der Waals surface area contributed by atoms with Gasteiger partial charge in [0.25, 0.3) is 0 Å². The lowest BCUT2D eigenvalue weighted by molar-refractivity contribution is 0.0158. The van der Waals surface area contributed by atoms with E-state index in [0.717, 1.165) is 11.4 Å². The van der Waals surface area contributed by atoms with Crippen molar-refractivity contribution >= 4 is 11.9 Å². The topological polar surface area (TPSA) is 58.6 Å². The Hall–Kier alpha value is -2.70. The molecule has 0 spiro atoms. The molecule has 0 saturated carbocycles.